The van der Waals surface area contributed by atoms with E-state index in [1.165, 1.54) is 6.07 Å². The third-order valence-electron chi connectivity index (χ3n) is 1.44. The molecule has 0 heterocycles. The van der Waals surface area contributed by atoms with Crippen molar-refractivity contribution in [1.82, 2.24) is 0 Å². The first-order valence-corrected chi connectivity index (χ1v) is 5.37. The van der Waals surface area contributed by atoms with Crippen LogP contribution in [-0.2, 0) is 9.84 Å². The van der Waals surface area contributed by atoms with Crippen LogP contribution >= 0.6 is 11.6 Å². The van der Waals surface area contributed by atoms with Gasteiger partial charge in [0.1, 0.15) is 0 Å². The summed E-state index contributed by atoms with van der Waals surface area (Å²) >= 11 is 5.68. The van der Waals surface area contributed by atoms with Gasteiger partial charge in [-0.1, -0.05) is 23.7 Å². The van der Waals surface area contributed by atoms with Gasteiger partial charge < -0.3 is 0 Å². The number of rotatable bonds is 2. The van der Waals surface area contributed by atoms with E-state index in [4.69, 9.17) is 11.6 Å². The SMILES string of the molecule is [CH2]CS(=O)(=O)c1ccccc1Cl. The zero-order chi connectivity index (χ0) is 9.19. The second-order valence-corrected chi connectivity index (χ2v) is 4.73. The van der Waals surface area contributed by atoms with Gasteiger partial charge >= 0.3 is 0 Å². The highest BCUT2D eigenvalue weighted by atomic mass is 35.5. The highest BCUT2D eigenvalue weighted by molar-refractivity contribution is 7.91. The maximum absolute atomic E-state index is 11.3. The molecule has 0 aliphatic rings. The maximum Gasteiger partial charge on any atom is 0.179 e. The monoisotopic (exact) mass is 203 g/mol. The first-order valence-electron chi connectivity index (χ1n) is 3.34. The van der Waals surface area contributed by atoms with Crippen molar-refractivity contribution in [3.63, 3.8) is 0 Å². The molecule has 0 unspecified atom stereocenters. The minimum absolute atomic E-state index is 0.154. The third-order valence-corrected chi connectivity index (χ3v) is 3.45. The molecule has 0 aromatic heterocycles. The minimum Gasteiger partial charge on any atom is -0.224 e. The van der Waals surface area contributed by atoms with Crippen LogP contribution in [0.4, 0.5) is 0 Å². The molecule has 0 fully saturated rings. The Morgan fingerprint density at radius 2 is 1.92 bits per heavy atom. The zero-order valence-electron chi connectivity index (χ0n) is 6.33. The Hall–Kier alpha value is -0.540. The van der Waals surface area contributed by atoms with Gasteiger partial charge in [0.15, 0.2) is 9.84 Å². The Labute approximate surface area is 77.1 Å². The summed E-state index contributed by atoms with van der Waals surface area (Å²) < 4.78 is 22.5. The van der Waals surface area contributed by atoms with E-state index in [9.17, 15) is 8.42 Å². The summed E-state index contributed by atoms with van der Waals surface area (Å²) in [6, 6.07) is 6.34. The Morgan fingerprint density at radius 1 is 1.33 bits per heavy atom. The molecule has 2 nitrogen and oxygen atoms in total. The van der Waals surface area contributed by atoms with Crippen LogP contribution in [0.3, 0.4) is 0 Å². The number of halogens is 1. The minimum atomic E-state index is -3.27. The first-order chi connectivity index (χ1) is 5.58. The summed E-state index contributed by atoms with van der Waals surface area (Å²) in [6.07, 6.45) is 0. The second kappa shape index (κ2) is 3.46. The Balaban J connectivity index is 3.30. The van der Waals surface area contributed by atoms with Crippen LogP contribution in [0, 0.1) is 6.92 Å². The largest absolute Gasteiger partial charge is 0.224 e. The fourth-order valence-electron chi connectivity index (χ4n) is 0.807. The van der Waals surface area contributed by atoms with E-state index in [1.807, 2.05) is 0 Å². The number of sulfone groups is 1. The molecule has 0 aliphatic heterocycles. The first kappa shape index (κ1) is 9.55. The summed E-state index contributed by atoms with van der Waals surface area (Å²) in [6.45, 7) is 3.33. The fraction of sp³-hybridized carbons (Fsp3) is 0.125. The third kappa shape index (κ3) is 1.79. The fourth-order valence-corrected chi connectivity index (χ4v) is 2.17. The second-order valence-electron chi connectivity index (χ2n) is 2.25. The molecule has 1 radical (unpaired) electrons. The van der Waals surface area contributed by atoms with Crippen molar-refractivity contribution >= 4 is 21.4 Å². The molecule has 4 heteroatoms. The summed E-state index contributed by atoms with van der Waals surface area (Å²) in [7, 11) is -3.27. The van der Waals surface area contributed by atoms with Gasteiger partial charge in [-0.2, -0.15) is 0 Å². The van der Waals surface area contributed by atoms with Gasteiger partial charge in [0, 0.05) is 0 Å². The average molecular weight is 204 g/mol. The summed E-state index contributed by atoms with van der Waals surface area (Å²) in [5.41, 5.74) is 0. The molecule has 1 aromatic carbocycles. The van der Waals surface area contributed by atoms with Gasteiger partial charge in [0.2, 0.25) is 0 Å². The normalized spacial score (nSPS) is 11.5. The van der Waals surface area contributed by atoms with Crippen molar-refractivity contribution in [2.24, 2.45) is 0 Å². The molecule has 65 valence electrons. The summed E-state index contributed by atoms with van der Waals surface area (Å²) in [5, 5.41) is 0.251. The van der Waals surface area contributed by atoms with Gasteiger partial charge in [0.25, 0.3) is 0 Å². The van der Waals surface area contributed by atoms with Gasteiger partial charge in [-0.25, -0.2) is 8.42 Å². The van der Waals surface area contributed by atoms with E-state index in [2.05, 4.69) is 6.92 Å². The molecule has 1 aromatic rings. The lowest BCUT2D eigenvalue weighted by Gasteiger charge is -2.01. The average Bonchev–Trinajstić information content (AvgIpc) is 2.05. The molecule has 0 amide bonds. The van der Waals surface area contributed by atoms with Crippen molar-refractivity contribution in [3.05, 3.63) is 36.2 Å². The molecule has 0 spiro atoms. The van der Waals surface area contributed by atoms with Gasteiger partial charge in [-0.15, -0.1) is 0 Å². The van der Waals surface area contributed by atoms with Gasteiger partial charge in [0.05, 0.1) is 15.7 Å². The molecule has 1 rings (SSSR count). The van der Waals surface area contributed by atoms with Crippen LogP contribution in [0.5, 0.6) is 0 Å². The van der Waals surface area contributed by atoms with Gasteiger partial charge in [-0.3, -0.25) is 0 Å². The van der Waals surface area contributed by atoms with Crippen molar-refractivity contribution < 1.29 is 8.42 Å². The Bertz CT molecular complexity index is 370. The quantitative estimate of drug-likeness (QED) is 0.737. The lowest BCUT2D eigenvalue weighted by molar-refractivity contribution is 0.599. The number of hydrogen-bond donors (Lipinski definition) is 0. The number of benzene rings is 1. The highest BCUT2D eigenvalue weighted by Crippen LogP contribution is 2.21. The van der Waals surface area contributed by atoms with Crippen molar-refractivity contribution in [1.29, 1.82) is 0 Å². The Morgan fingerprint density at radius 3 is 2.42 bits per heavy atom. The van der Waals surface area contributed by atoms with Crippen molar-refractivity contribution in [3.8, 4) is 0 Å². The van der Waals surface area contributed by atoms with Crippen LogP contribution in [-0.4, -0.2) is 14.2 Å². The van der Waals surface area contributed by atoms with E-state index < -0.39 is 9.84 Å². The highest BCUT2D eigenvalue weighted by Gasteiger charge is 2.13. The molecule has 0 saturated carbocycles. The van der Waals surface area contributed by atoms with Crippen LogP contribution in [0.2, 0.25) is 5.02 Å². The van der Waals surface area contributed by atoms with Crippen molar-refractivity contribution in [2.75, 3.05) is 5.75 Å². The van der Waals surface area contributed by atoms with Crippen LogP contribution in [0.1, 0.15) is 0 Å². The van der Waals surface area contributed by atoms with E-state index in [-0.39, 0.29) is 15.7 Å². The van der Waals surface area contributed by atoms with Gasteiger partial charge in [-0.05, 0) is 19.1 Å². The molecule has 0 aliphatic carbocycles. The molecular weight excluding hydrogens is 196 g/mol. The standard InChI is InChI=1S/C8H8ClO2S/c1-2-12(10,11)8-6-4-3-5-7(8)9/h3-6H,1-2H2. The molecule has 0 atom stereocenters. The molecule has 12 heavy (non-hydrogen) atoms. The Kier molecular flexibility index (Phi) is 2.75. The van der Waals surface area contributed by atoms with E-state index in [0.29, 0.717) is 0 Å². The predicted molar refractivity (Wildman–Crippen MR) is 48.9 cm³/mol. The molecule has 0 bridgehead atoms. The molecule has 0 N–H and O–H groups in total. The molecular formula is C8H8ClO2S. The van der Waals surface area contributed by atoms with E-state index >= 15 is 0 Å². The van der Waals surface area contributed by atoms with E-state index in [1.54, 1.807) is 18.2 Å². The van der Waals surface area contributed by atoms with E-state index in [0.717, 1.165) is 0 Å². The summed E-state index contributed by atoms with van der Waals surface area (Å²) in [5.74, 6) is -0.170. The lowest BCUT2D eigenvalue weighted by atomic mass is 10.4. The van der Waals surface area contributed by atoms with Crippen LogP contribution in [0.25, 0.3) is 0 Å². The lowest BCUT2D eigenvalue weighted by Crippen LogP contribution is -2.04. The predicted octanol–water partition coefficient (Wildman–Crippen LogP) is 1.95. The zero-order valence-corrected chi connectivity index (χ0v) is 7.90. The smallest absolute Gasteiger partial charge is 0.179 e. The van der Waals surface area contributed by atoms with Crippen LogP contribution < -0.4 is 0 Å². The summed E-state index contributed by atoms with van der Waals surface area (Å²) in [4.78, 5) is 0.154. The molecule has 0 saturated heterocycles. The van der Waals surface area contributed by atoms with Crippen molar-refractivity contribution in [2.45, 2.75) is 4.90 Å². The van der Waals surface area contributed by atoms with Crippen LogP contribution in [0.15, 0.2) is 29.2 Å². The number of hydrogen-bond acceptors (Lipinski definition) is 2. The topological polar surface area (TPSA) is 34.1 Å². The maximum atomic E-state index is 11.3.